The number of aliphatic carboxylic acids is 1. The van der Waals surface area contributed by atoms with Crippen molar-refractivity contribution < 1.29 is 19.4 Å². The second-order valence-electron chi connectivity index (χ2n) is 9.05. The molecular weight excluding hydrogens is 367 g/mol. The summed E-state index contributed by atoms with van der Waals surface area (Å²) in [5.74, 6) is -0.150. The van der Waals surface area contributed by atoms with Crippen molar-refractivity contribution in [2.75, 3.05) is 0 Å². The zero-order valence-corrected chi connectivity index (χ0v) is 17.5. The number of aliphatic hydroxyl groups excluding tert-OH is 1. The molecule has 3 nitrogen and oxygen atoms in total. The number of halogens is 1. The molecule has 29 heavy (non-hydrogen) atoms. The lowest BCUT2D eigenvalue weighted by atomic mass is 9.62. The molecule has 0 amide bonds. The van der Waals surface area contributed by atoms with Gasteiger partial charge >= 0.3 is 5.97 Å². The predicted octanol–water partition coefficient (Wildman–Crippen LogP) is 5.69. The van der Waals surface area contributed by atoms with E-state index in [2.05, 4.69) is 32.6 Å². The van der Waals surface area contributed by atoms with Crippen LogP contribution in [0.4, 0.5) is 4.39 Å². The Labute approximate surface area is 173 Å². The number of rotatable bonds is 5. The van der Waals surface area contributed by atoms with Gasteiger partial charge in [-0.25, -0.2) is 4.39 Å². The highest BCUT2D eigenvalue weighted by atomic mass is 19.1. The average molecular weight is 401 g/mol. The number of hydrogen-bond acceptors (Lipinski definition) is 2. The Morgan fingerprint density at radius 3 is 2.93 bits per heavy atom. The first-order valence-corrected chi connectivity index (χ1v) is 10.7. The van der Waals surface area contributed by atoms with Gasteiger partial charge in [0.15, 0.2) is 0 Å². The SMILES string of the molecule is C=C1/C(=C/C=C2/CCCC3(C)C(C(C)/C=C/CC(=O)O)=CCC23)CC(O)CC1F. The summed E-state index contributed by atoms with van der Waals surface area (Å²) in [5, 5.41) is 18.8. The zero-order valence-electron chi connectivity index (χ0n) is 17.5. The lowest BCUT2D eigenvalue weighted by Gasteiger charge is -2.42. The minimum Gasteiger partial charge on any atom is -0.481 e. The molecule has 0 aromatic carbocycles. The van der Waals surface area contributed by atoms with Gasteiger partial charge in [-0.1, -0.05) is 62.0 Å². The molecule has 0 spiro atoms. The van der Waals surface area contributed by atoms with Crippen LogP contribution in [0.15, 0.2) is 59.3 Å². The van der Waals surface area contributed by atoms with Gasteiger partial charge in [0.05, 0.1) is 12.5 Å². The van der Waals surface area contributed by atoms with E-state index in [9.17, 15) is 14.3 Å². The number of alkyl halides is 1. The van der Waals surface area contributed by atoms with Crippen LogP contribution in [0.5, 0.6) is 0 Å². The second-order valence-corrected chi connectivity index (χ2v) is 9.05. The Bertz CT molecular complexity index is 788. The molecule has 0 radical (unpaired) electrons. The van der Waals surface area contributed by atoms with Crippen molar-refractivity contribution in [3.63, 3.8) is 0 Å². The van der Waals surface area contributed by atoms with Crippen LogP contribution >= 0.6 is 0 Å². The highest BCUT2D eigenvalue weighted by molar-refractivity contribution is 5.68. The molecule has 2 saturated carbocycles. The number of carboxylic acids is 1. The van der Waals surface area contributed by atoms with Crippen LogP contribution in [-0.2, 0) is 4.79 Å². The molecule has 2 N–H and O–H groups in total. The fourth-order valence-electron chi connectivity index (χ4n) is 5.47. The summed E-state index contributed by atoms with van der Waals surface area (Å²) in [6.45, 7) is 8.37. The maximum atomic E-state index is 14.0. The summed E-state index contributed by atoms with van der Waals surface area (Å²) in [6.07, 6.45) is 13.4. The third-order valence-electron chi connectivity index (χ3n) is 7.04. The summed E-state index contributed by atoms with van der Waals surface area (Å²) in [6, 6.07) is 0. The van der Waals surface area contributed by atoms with Crippen molar-refractivity contribution in [1.29, 1.82) is 0 Å². The van der Waals surface area contributed by atoms with Crippen LogP contribution in [0.25, 0.3) is 0 Å². The van der Waals surface area contributed by atoms with Gasteiger partial charge in [0, 0.05) is 6.42 Å². The van der Waals surface area contributed by atoms with Crippen molar-refractivity contribution in [3.8, 4) is 0 Å². The summed E-state index contributed by atoms with van der Waals surface area (Å²) in [7, 11) is 0. The van der Waals surface area contributed by atoms with E-state index in [1.54, 1.807) is 6.08 Å². The van der Waals surface area contributed by atoms with Crippen LogP contribution in [-0.4, -0.2) is 28.5 Å². The van der Waals surface area contributed by atoms with E-state index in [1.165, 1.54) is 11.1 Å². The minimum atomic E-state index is -1.15. The first kappa shape index (κ1) is 21.8. The Kier molecular flexibility index (Phi) is 6.62. The predicted molar refractivity (Wildman–Crippen MR) is 114 cm³/mol. The Morgan fingerprint density at radius 2 is 2.21 bits per heavy atom. The molecule has 3 rings (SSSR count). The van der Waals surface area contributed by atoms with E-state index >= 15 is 0 Å². The molecule has 0 aliphatic heterocycles. The van der Waals surface area contributed by atoms with E-state index in [-0.39, 0.29) is 24.2 Å². The molecule has 3 aliphatic carbocycles. The molecule has 5 atom stereocenters. The third-order valence-corrected chi connectivity index (χ3v) is 7.04. The summed E-state index contributed by atoms with van der Waals surface area (Å²) in [5.41, 5.74) is 4.22. The van der Waals surface area contributed by atoms with Crippen LogP contribution in [0.2, 0.25) is 0 Å². The molecule has 0 saturated heterocycles. The summed E-state index contributed by atoms with van der Waals surface area (Å²) in [4.78, 5) is 10.8. The van der Waals surface area contributed by atoms with E-state index in [1.807, 2.05) is 12.2 Å². The van der Waals surface area contributed by atoms with E-state index in [4.69, 9.17) is 5.11 Å². The Morgan fingerprint density at radius 1 is 1.45 bits per heavy atom. The normalized spacial score (nSPS) is 36.5. The lowest BCUT2D eigenvalue weighted by molar-refractivity contribution is -0.136. The number of allylic oxidation sites excluding steroid dienone is 7. The number of carbonyl (C=O) groups is 1. The highest BCUT2D eigenvalue weighted by Gasteiger charge is 2.45. The topological polar surface area (TPSA) is 57.5 Å². The molecule has 0 bridgehead atoms. The minimum absolute atomic E-state index is 0.0573. The van der Waals surface area contributed by atoms with Gasteiger partial charge in [0.2, 0.25) is 0 Å². The maximum absolute atomic E-state index is 14.0. The Balaban J connectivity index is 1.77. The van der Waals surface area contributed by atoms with Crippen molar-refractivity contribution in [1.82, 2.24) is 0 Å². The maximum Gasteiger partial charge on any atom is 0.307 e. The average Bonchev–Trinajstić information content (AvgIpc) is 3.00. The van der Waals surface area contributed by atoms with Crippen LogP contribution < -0.4 is 0 Å². The highest BCUT2D eigenvalue weighted by Crippen LogP contribution is 2.56. The molecule has 0 aromatic heterocycles. The fraction of sp³-hybridized carbons (Fsp3) is 0.560. The third kappa shape index (κ3) is 4.63. The standard InChI is InChI=1S/C25H33FO3/c1-16(6-4-8-24(28)29)21-11-12-22-18(7-5-13-25(21,22)3)9-10-19-14-20(27)15-23(26)17(19)2/h4,6,9-11,16,20,22-23,27H,2,5,7-8,12-15H2,1,3H3,(H,28,29)/b6-4+,18-9-,19-10+. The van der Waals surface area contributed by atoms with Gasteiger partial charge in [-0.3, -0.25) is 4.79 Å². The smallest absolute Gasteiger partial charge is 0.307 e. The lowest BCUT2D eigenvalue weighted by Crippen LogP contribution is -2.32. The van der Waals surface area contributed by atoms with Gasteiger partial charge < -0.3 is 10.2 Å². The molecule has 0 heterocycles. The number of hydrogen-bond donors (Lipinski definition) is 2. The van der Waals surface area contributed by atoms with Gasteiger partial charge in [-0.15, -0.1) is 0 Å². The molecule has 158 valence electrons. The first-order chi connectivity index (χ1) is 13.7. The molecule has 3 aliphatic rings. The van der Waals surface area contributed by atoms with Crippen molar-refractivity contribution in [2.45, 2.75) is 71.1 Å². The van der Waals surface area contributed by atoms with E-state index in [0.717, 1.165) is 31.3 Å². The van der Waals surface area contributed by atoms with Crippen molar-refractivity contribution >= 4 is 5.97 Å². The molecule has 4 heteroatoms. The van der Waals surface area contributed by atoms with Gasteiger partial charge in [0.1, 0.15) is 6.17 Å². The summed E-state index contributed by atoms with van der Waals surface area (Å²) >= 11 is 0. The van der Waals surface area contributed by atoms with Crippen LogP contribution in [0.3, 0.4) is 0 Å². The molecule has 2 fully saturated rings. The van der Waals surface area contributed by atoms with Crippen LogP contribution in [0.1, 0.15) is 58.8 Å². The molecule has 0 aromatic rings. The largest absolute Gasteiger partial charge is 0.481 e. The van der Waals surface area contributed by atoms with Crippen LogP contribution in [0, 0.1) is 17.3 Å². The number of fused-ring (bicyclic) bond motifs is 1. The fourth-order valence-corrected chi connectivity index (χ4v) is 5.47. The van der Waals surface area contributed by atoms with Gasteiger partial charge in [-0.05, 0) is 60.5 Å². The Hall–Kier alpha value is -1.94. The van der Waals surface area contributed by atoms with Gasteiger partial charge in [-0.2, -0.15) is 0 Å². The van der Waals surface area contributed by atoms with E-state index < -0.39 is 18.2 Å². The van der Waals surface area contributed by atoms with Crippen molar-refractivity contribution in [3.05, 3.63) is 59.3 Å². The molecule has 5 unspecified atom stereocenters. The zero-order chi connectivity index (χ0) is 21.2. The quantitative estimate of drug-likeness (QED) is 0.583. The number of aliphatic hydroxyl groups is 1. The van der Waals surface area contributed by atoms with Crippen molar-refractivity contribution in [2.24, 2.45) is 17.3 Å². The number of carboxylic acid groups (broad SMARTS) is 1. The van der Waals surface area contributed by atoms with E-state index in [0.29, 0.717) is 17.9 Å². The van der Waals surface area contributed by atoms with Gasteiger partial charge in [0.25, 0.3) is 0 Å². The summed E-state index contributed by atoms with van der Waals surface area (Å²) < 4.78 is 14.0. The monoisotopic (exact) mass is 400 g/mol. The molecular formula is C25H33FO3. The second kappa shape index (κ2) is 8.83. The first-order valence-electron chi connectivity index (χ1n) is 10.7.